The van der Waals surface area contributed by atoms with Crippen LogP contribution in [0.3, 0.4) is 0 Å². The van der Waals surface area contributed by atoms with Crippen molar-refractivity contribution in [3.05, 3.63) is 0 Å². The van der Waals surface area contributed by atoms with Crippen molar-refractivity contribution in [3.63, 3.8) is 0 Å². The quantitative estimate of drug-likeness (QED) is 0.315. The molecule has 4 heavy (non-hydrogen) atoms. The van der Waals surface area contributed by atoms with Gasteiger partial charge in [-0.05, 0) is 0 Å². The van der Waals surface area contributed by atoms with E-state index in [0.29, 0.717) is 0 Å². The van der Waals surface area contributed by atoms with E-state index in [0.717, 1.165) is 0 Å². The second-order valence-electron chi connectivity index (χ2n) is 0.105. The molecule has 1 unspecified atom stereocenters. The Morgan fingerprint density at radius 3 is 2.00 bits per heavy atom. The number of hydrogen-bond donors (Lipinski definition) is 1. The first-order valence-electron chi connectivity index (χ1n) is 0.494. The van der Waals surface area contributed by atoms with Crippen LogP contribution in [0.4, 0.5) is 0 Å². The topological polar surface area (TPSA) is 37.3 Å². The fourth-order valence-electron chi connectivity index (χ4n) is 0. The summed E-state index contributed by atoms with van der Waals surface area (Å²) in [6.45, 7) is 0. The molecule has 0 aromatic heterocycles. The molecule has 0 saturated carbocycles. The summed E-state index contributed by atoms with van der Waals surface area (Å²) in [5.41, 5.74) is 0. The van der Waals surface area contributed by atoms with Gasteiger partial charge in [0.1, 0.15) is 0 Å². The van der Waals surface area contributed by atoms with Crippen molar-refractivity contribution in [2.24, 2.45) is 0 Å². The Balaban J connectivity index is -0.0000000200. The van der Waals surface area contributed by atoms with Gasteiger partial charge in [0, 0.05) is 1.43 Å². The molecular weight excluding hydrogens is 86.0 g/mol. The van der Waals surface area contributed by atoms with Crippen LogP contribution in [0.2, 0.25) is 0 Å². The van der Waals surface area contributed by atoms with E-state index in [1.807, 2.05) is 0 Å². The second kappa shape index (κ2) is 8.89. The Kier molecular flexibility index (Phi) is 19.9. The van der Waals surface area contributed by atoms with Gasteiger partial charge in [0.15, 0.2) is 8.69 Å². The standard InChI is InChI=1S/Na.H3O2P.H2.H/c;1-3-2;;/h;3H2,(H,1,2);1H;. The van der Waals surface area contributed by atoms with Gasteiger partial charge in [0.2, 0.25) is 0 Å². The summed E-state index contributed by atoms with van der Waals surface area (Å²) in [5, 5.41) is 0. The van der Waals surface area contributed by atoms with Crippen molar-refractivity contribution in [2.45, 2.75) is 0 Å². The Hall–Kier alpha value is 1.19. The third-order valence-electron chi connectivity index (χ3n) is 0. The summed E-state index contributed by atoms with van der Waals surface area (Å²) in [6, 6.07) is 0. The van der Waals surface area contributed by atoms with E-state index in [1.54, 1.807) is 0 Å². The first-order chi connectivity index (χ1) is 1.41. The maximum atomic E-state index is 8.57. The van der Waals surface area contributed by atoms with Gasteiger partial charge in [-0.1, -0.05) is 0 Å². The van der Waals surface area contributed by atoms with E-state index in [4.69, 9.17) is 9.46 Å². The maximum absolute atomic E-state index is 8.57. The predicted molar refractivity (Wildman–Crippen MR) is 21.9 cm³/mol. The van der Waals surface area contributed by atoms with Crippen LogP contribution in [0.15, 0.2) is 0 Å². The molecule has 4 heteroatoms. The summed E-state index contributed by atoms with van der Waals surface area (Å²) in [5.74, 6) is 0. The van der Waals surface area contributed by atoms with E-state index in [-0.39, 0.29) is 31.0 Å². The molecule has 0 spiro atoms. The third-order valence-corrected chi connectivity index (χ3v) is 0. The Morgan fingerprint density at radius 1 is 2.00 bits per heavy atom. The van der Waals surface area contributed by atoms with Crippen LogP contribution in [0.25, 0.3) is 0 Å². The summed E-state index contributed by atoms with van der Waals surface area (Å²) in [6.07, 6.45) is 0. The summed E-state index contributed by atoms with van der Waals surface area (Å²) < 4.78 is 8.57. The van der Waals surface area contributed by atoms with Gasteiger partial charge < -0.3 is 4.89 Å². The van der Waals surface area contributed by atoms with Crippen molar-refractivity contribution >= 4 is 38.2 Å². The second-order valence-corrected chi connectivity index (χ2v) is 0.316. The summed E-state index contributed by atoms with van der Waals surface area (Å²) >= 11 is 0. The average Bonchev–Trinajstić information content (AvgIpc) is 0.918. The van der Waals surface area contributed by atoms with Gasteiger partial charge in [0.25, 0.3) is 0 Å². The third kappa shape index (κ3) is 10.8. The fraction of sp³-hybridized carbons (Fsp3) is 0. The molecule has 0 rings (SSSR count). The first-order valence-corrected chi connectivity index (χ1v) is 1.48. The normalized spacial score (nSPS) is 7.25. The molecule has 24 valence electrons. The van der Waals surface area contributed by atoms with Crippen LogP contribution in [0.5, 0.6) is 0 Å². The van der Waals surface area contributed by atoms with Gasteiger partial charge in [-0.25, -0.2) is 0 Å². The molecule has 0 bridgehead atoms. The van der Waals surface area contributed by atoms with Crippen LogP contribution in [-0.2, 0) is 4.57 Å². The van der Waals surface area contributed by atoms with Gasteiger partial charge in [0.05, 0.1) is 0 Å². The zero-order chi connectivity index (χ0) is 2.71. The Bertz CT molecular complexity index is 17.1. The van der Waals surface area contributed by atoms with E-state index >= 15 is 0 Å². The molecule has 0 aromatic carbocycles. The zero-order valence-corrected chi connectivity index (χ0v) is 2.59. The molecule has 0 aliphatic heterocycles. The molecule has 0 radical (unpaired) electrons. The molecule has 0 saturated heterocycles. The molecule has 1 atom stereocenters. The van der Waals surface area contributed by atoms with Crippen molar-refractivity contribution in [1.82, 2.24) is 0 Å². The predicted octanol–water partition coefficient (Wildman–Crippen LogP) is -0.753. The van der Waals surface area contributed by atoms with Crippen LogP contribution < -0.4 is 0 Å². The van der Waals surface area contributed by atoms with Gasteiger partial charge in [-0.3, -0.25) is 4.57 Å². The minimum absolute atomic E-state index is 0. The fourth-order valence-corrected chi connectivity index (χ4v) is 0. The summed E-state index contributed by atoms with van der Waals surface area (Å²) in [7, 11) is -1.50. The molecule has 0 aliphatic carbocycles. The molecule has 0 fully saturated rings. The van der Waals surface area contributed by atoms with Crippen LogP contribution in [0.1, 0.15) is 1.43 Å². The Morgan fingerprint density at radius 2 is 2.00 bits per heavy atom. The number of hydrogen-bond acceptors (Lipinski definition) is 1. The monoisotopic (exact) mass is 92.0 g/mol. The molecule has 2 nitrogen and oxygen atoms in total. The average molecular weight is 92.0 g/mol. The summed E-state index contributed by atoms with van der Waals surface area (Å²) in [4.78, 5) is 7.10. The van der Waals surface area contributed by atoms with E-state index in [9.17, 15) is 0 Å². The van der Waals surface area contributed by atoms with Crippen molar-refractivity contribution < 1.29 is 10.9 Å². The van der Waals surface area contributed by atoms with E-state index in [1.165, 1.54) is 0 Å². The van der Waals surface area contributed by atoms with Crippen molar-refractivity contribution in [2.75, 3.05) is 0 Å². The molecule has 0 amide bonds. The van der Waals surface area contributed by atoms with Gasteiger partial charge in [-0.2, -0.15) is 0 Å². The van der Waals surface area contributed by atoms with Crippen molar-refractivity contribution in [1.29, 1.82) is 0 Å². The van der Waals surface area contributed by atoms with Crippen LogP contribution in [-0.4, -0.2) is 34.5 Å². The SMILES string of the molecule is O=[PH2]O.[HH].[NaH]. The minimum atomic E-state index is -1.50. The zero-order valence-electron chi connectivity index (χ0n) is 1.43. The van der Waals surface area contributed by atoms with E-state index in [2.05, 4.69) is 0 Å². The first kappa shape index (κ1) is 8.95. The van der Waals surface area contributed by atoms with Crippen LogP contribution >= 0.6 is 8.69 Å². The van der Waals surface area contributed by atoms with E-state index < -0.39 is 8.69 Å². The molecule has 1 N–H and O–H groups in total. The molecular formula is H6NaO2P. The molecule has 0 heterocycles. The van der Waals surface area contributed by atoms with Gasteiger partial charge in [-0.15, -0.1) is 0 Å². The van der Waals surface area contributed by atoms with Gasteiger partial charge >= 0.3 is 29.6 Å². The molecule has 0 aliphatic rings. The Labute approximate surface area is 49.3 Å². The molecule has 0 aromatic rings. The van der Waals surface area contributed by atoms with Crippen LogP contribution in [0, 0.1) is 0 Å². The van der Waals surface area contributed by atoms with Crippen molar-refractivity contribution in [3.8, 4) is 0 Å². The number of rotatable bonds is 0.